The number of fused-ring (bicyclic) bond motifs is 1. The van der Waals surface area contributed by atoms with Gasteiger partial charge in [0, 0.05) is 6.42 Å². The van der Waals surface area contributed by atoms with Crippen LogP contribution in [-0.4, -0.2) is 29.7 Å². The highest BCUT2D eigenvalue weighted by molar-refractivity contribution is 5.84. The van der Waals surface area contributed by atoms with Crippen molar-refractivity contribution < 1.29 is 14.7 Å². The smallest absolute Gasteiger partial charge is 0.126 e. The van der Waals surface area contributed by atoms with Crippen molar-refractivity contribution in [3.63, 3.8) is 0 Å². The highest BCUT2D eigenvalue weighted by atomic mass is 16.5. The summed E-state index contributed by atoms with van der Waals surface area (Å²) in [5.41, 5.74) is 3.46. The van der Waals surface area contributed by atoms with Gasteiger partial charge in [0.05, 0.1) is 18.4 Å². The third-order valence-electron chi connectivity index (χ3n) is 4.13. The fourth-order valence-electron chi connectivity index (χ4n) is 2.98. The second-order valence-corrected chi connectivity index (χ2v) is 5.75. The Morgan fingerprint density at radius 2 is 2.15 bits per heavy atom. The number of benzene rings is 1. The molecule has 1 N–H and O–H groups in total. The second-order valence-electron chi connectivity index (χ2n) is 5.75. The van der Waals surface area contributed by atoms with Gasteiger partial charge in [-0.25, -0.2) is 0 Å². The molecular weight excluding hydrogens is 254 g/mol. The molecule has 0 saturated heterocycles. The summed E-state index contributed by atoms with van der Waals surface area (Å²) in [5.74, 6) is 1.00. The van der Waals surface area contributed by atoms with Crippen LogP contribution in [-0.2, 0) is 11.2 Å². The van der Waals surface area contributed by atoms with E-state index in [9.17, 15) is 0 Å². The summed E-state index contributed by atoms with van der Waals surface area (Å²) in [6, 6.07) is 6.33. The molecule has 20 heavy (non-hydrogen) atoms. The lowest BCUT2D eigenvalue weighted by atomic mass is 9.96. The Morgan fingerprint density at radius 1 is 1.35 bits per heavy atom. The van der Waals surface area contributed by atoms with Gasteiger partial charge in [-0.15, -0.1) is 0 Å². The van der Waals surface area contributed by atoms with E-state index in [0.717, 1.165) is 43.6 Å². The van der Waals surface area contributed by atoms with Crippen molar-refractivity contribution >= 4 is 5.71 Å². The third-order valence-corrected chi connectivity index (χ3v) is 4.13. The Morgan fingerprint density at radius 3 is 2.90 bits per heavy atom. The van der Waals surface area contributed by atoms with Gasteiger partial charge >= 0.3 is 0 Å². The van der Waals surface area contributed by atoms with Gasteiger partial charge < -0.3 is 14.7 Å². The predicted molar refractivity (Wildman–Crippen MR) is 76.7 cm³/mol. The first-order valence-electron chi connectivity index (χ1n) is 7.32. The summed E-state index contributed by atoms with van der Waals surface area (Å²) in [5, 5.41) is 12.0. The van der Waals surface area contributed by atoms with Crippen molar-refractivity contribution in [3.05, 3.63) is 29.3 Å². The first-order valence-corrected chi connectivity index (χ1v) is 7.32. The third kappa shape index (κ3) is 2.96. The van der Waals surface area contributed by atoms with E-state index in [4.69, 9.17) is 14.7 Å². The van der Waals surface area contributed by atoms with Crippen LogP contribution in [0.2, 0.25) is 0 Å². The van der Waals surface area contributed by atoms with Gasteiger partial charge in [-0.2, -0.15) is 0 Å². The molecule has 4 heteroatoms. The van der Waals surface area contributed by atoms with E-state index in [0.29, 0.717) is 6.61 Å². The van der Waals surface area contributed by atoms with Crippen molar-refractivity contribution in [3.8, 4) is 5.75 Å². The summed E-state index contributed by atoms with van der Waals surface area (Å²) in [7, 11) is 0. The Kier molecular flexibility index (Phi) is 3.92. The van der Waals surface area contributed by atoms with Gasteiger partial charge in [0.25, 0.3) is 0 Å². The molecule has 1 heterocycles. The number of aryl methyl sites for hydroxylation is 1. The first-order chi connectivity index (χ1) is 9.74. The number of ether oxygens (including phenoxy) is 2. The van der Waals surface area contributed by atoms with Crippen molar-refractivity contribution in [2.45, 2.75) is 51.2 Å². The Labute approximate surface area is 119 Å². The van der Waals surface area contributed by atoms with Crippen molar-refractivity contribution in [1.82, 2.24) is 0 Å². The number of hydrogen-bond donors (Lipinski definition) is 1. The zero-order valence-corrected chi connectivity index (χ0v) is 11.8. The Bertz CT molecular complexity index is 502. The average Bonchev–Trinajstić information content (AvgIpc) is 2.87. The van der Waals surface area contributed by atoms with E-state index < -0.39 is 0 Å². The maximum atomic E-state index is 8.73. The van der Waals surface area contributed by atoms with Crippen molar-refractivity contribution in [2.75, 3.05) is 6.61 Å². The molecule has 0 spiro atoms. The van der Waals surface area contributed by atoms with E-state index in [1.54, 1.807) is 0 Å². The van der Waals surface area contributed by atoms with E-state index in [1.165, 1.54) is 11.1 Å². The van der Waals surface area contributed by atoms with Gasteiger partial charge in [-0.05, 0) is 44.2 Å². The van der Waals surface area contributed by atoms with Crippen molar-refractivity contribution in [2.24, 2.45) is 5.16 Å². The van der Waals surface area contributed by atoms with E-state index >= 15 is 0 Å². The molecule has 0 amide bonds. The molecule has 4 nitrogen and oxygen atoms in total. The summed E-state index contributed by atoms with van der Waals surface area (Å²) >= 11 is 0. The van der Waals surface area contributed by atoms with Crippen LogP contribution in [0, 0.1) is 6.92 Å². The standard InChI is InChI=1S/C16H21NO3/c1-11-2-7-16-12(8-11)9-15(20-16)10-19-14-5-3-13(17-18)4-6-14/h2,7-8,14-15,18H,3-6,9-10H2,1H3. The molecule has 3 rings (SSSR count). The number of hydrogen-bond acceptors (Lipinski definition) is 4. The lowest BCUT2D eigenvalue weighted by Crippen LogP contribution is -2.28. The predicted octanol–water partition coefficient (Wildman–Crippen LogP) is 3.09. The van der Waals surface area contributed by atoms with Crippen LogP contribution in [0.25, 0.3) is 0 Å². The first kappa shape index (κ1) is 13.4. The molecular formula is C16H21NO3. The fraction of sp³-hybridized carbons (Fsp3) is 0.562. The van der Waals surface area contributed by atoms with Crippen LogP contribution in [0.1, 0.15) is 36.8 Å². The molecule has 1 fully saturated rings. The lowest BCUT2D eigenvalue weighted by molar-refractivity contribution is -0.00232. The summed E-state index contributed by atoms with van der Waals surface area (Å²) < 4.78 is 11.9. The van der Waals surface area contributed by atoms with Gasteiger partial charge in [0.1, 0.15) is 11.9 Å². The summed E-state index contributed by atoms with van der Waals surface area (Å²) in [4.78, 5) is 0. The van der Waals surface area contributed by atoms with Crippen LogP contribution in [0.5, 0.6) is 5.75 Å². The molecule has 1 aliphatic heterocycles. The Balaban J connectivity index is 1.47. The van der Waals surface area contributed by atoms with Gasteiger partial charge in [0.15, 0.2) is 0 Å². The minimum absolute atomic E-state index is 0.139. The molecule has 1 aliphatic carbocycles. The summed E-state index contributed by atoms with van der Waals surface area (Å²) in [6.45, 7) is 2.75. The van der Waals surface area contributed by atoms with E-state index in [1.807, 2.05) is 0 Å². The van der Waals surface area contributed by atoms with Gasteiger partial charge in [-0.1, -0.05) is 22.9 Å². The van der Waals surface area contributed by atoms with Gasteiger partial charge in [-0.3, -0.25) is 0 Å². The molecule has 1 saturated carbocycles. The Hall–Kier alpha value is -1.55. The quantitative estimate of drug-likeness (QED) is 0.681. The average molecular weight is 275 g/mol. The number of nitrogens with zero attached hydrogens (tertiary/aromatic N) is 1. The molecule has 0 aromatic heterocycles. The maximum Gasteiger partial charge on any atom is 0.126 e. The van der Waals surface area contributed by atoms with Crippen LogP contribution in [0.4, 0.5) is 0 Å². The molecule has 108 valence electrons. The maximum absolute atomic E-state index is 8.73. The number of rotatable bonds is 3. The highest BCUT2D eigenvalue weighted by Gasteiger charge is 2.25. The normalized spacial score (nSPS) is 25.1. The lowest BCUT2D eigenvalue weighted by Gasteiger charge is -2.24. The monoisotopic (exact) mass is 275 g/mol. The molecule has 1 atom stereocenters. The minimum atomic E-state index is 0.139. The van der Waals surface area contributed by atoms with Crippen LogP contribution >= 0.6 is 0 Å². The van der Waals surface area contributed by atoms with Crippen LogP contribution in [0.15, 0.2) is 23.4 Å². The highest BCUT2D eigenvalue weighted by Crippen LogP contribution is 2.30. The number of oxime groups is 1. The SMILES string of the molecule is Cc1ccc2c(c1)CC(COC1CCC(=NO)CC1)O2. The second kappa shape index (κ2) is 5.83. The summed E-state index contributed by atoms with van der Waals surface area (Å²) in [6.07, 6.45) is 4.91. The van der Waals surface area contributed by atoms with E-state index in [-0.39, 0.29) is 12.2 Å². The molecule has 1 aromatic rings. The zero-order valence-electron chi connectivity index (χ0n) is 11.8. The molecule has 2 aliphatic rings. The topological polar surface area (TPSA) is 51.0 Å². The van der Waals surface area contributed by atoms with Crippen LogP contribution < -0.4 is 4.74 Å². The zero-order chi connectivity index (χ0) is 13.9. The van der Waals surface area contributed by atoms with Crippen molar-refractivity contribution in [1.29, 1.82) is 0 Å². The largest absolute Gasteiger partial charge is 0.487 e. The van der Waals surface area contributed by atoms with E-state index in [2.05, 4.69) is 30.3 Å². The van der Waals surface area contributed by atoms with Crippen LogP contribution in [0.3, 0.4) is 0 Å². The van der Waals surface area contributed by atoms with Gasteiger partial charge in [0.2, 0.25) is 0 Å². The molecule has 1 unspecified atom stereocenters. The molecule has 0 bridgehead atoms. The fourth-order valence-corrected chi connectivity index (χ4v) is 2.98. The molecule has 1 aromatic carbocycles. The minimum Gasteiger partial charge on any atom is -0.487 e. The molecule has 0 radical (unpaired) electrons.